The van der Waals surface area contributed by atoms with Crippen LogP contribution in [0.4, 0.5) is 0 Å². The van der Waals surface area contributed by atoms with Crippen LogP contribution >= 0.6 is 0 Å². The monoisotopic (exact) mass is 388 g/mol. The van der Waals surface area contributed by atoms with Crippen molar-refractivity contribution in [3.63, 3.8) is 0 Å². The molecule has 0 bridgehead atoms. The lowest BCUT2D eigenvalue weighted by atomic mass is 10.0. The number of rotatable bonds is 6. The van der Waals surface area contributed by atoms with Crippen LogP contribution < -0.4 is 4.72 Å². The third kappa shape index (κ3) is 4.96. The van der Waals surface area contributed by atoms with Gasteiger partial charge in [0.05, 0.1) is 18.1 Å². The van der Waals surface area contributed by atoms with Gasteiger partial charge >= 0.3 is 0 Å². The van der Waals surface area contributed by atoms with E-state index in [0.29, 0.717) is 24.7 Å². The minimum absolute atomic E-state index is 0.0184. The van der Waals surface area contributed by atoms with Crippen LogP contribution in [-0.2, 0) is 14.8 Å². The smallest absolute Gasteiger partial charge is 0.240 e. The third-order valence-electron chi connectivity index (χ3n) is 5.17. The number of aryl methyl sites for hydroxylation is 3. The van der Waals surface area contributed by atoms with E-state index >= 15 is 0 Å². The van der Waals surface area contributed by atoms with Gasteiger partial charge in [-0.1, -0.05) is 35.9 Å². The zero-order valence-corrected chi connectivity index (χ0v) is 17.1. The maximum absolute atomic E-state index is 12.8. The zero-order valence-electron chi connectivity index (χ0n) is 16.2. The largest absolute Gasteiger partial charge is 0.379 e. The number of nitrogens with one attached hydrogen (secondary N) is 1. The van der Waals surface area contributed by atoms with Gasteiger partial charge in [0, 0.05) is 25.7 Å². The standard InChI is InChI=1S/C21H28N2O3S/c1-16-5-4-6-19(13-16)21(23-9-11-26-12-10-23)15-22-27(24,25)20-8-7-17(2)18(3)14-20/h4-8,13-14,21-22H,9-12,15H2,1-3H3. The summed E-state index contributed by atoms with van der Waals surface area (Å²) in [7, 11) is -3.56. The summed E-state index contributed by atoms with van der Waals surface area (Å²) in [6.45, 7) is 9.23. The molecular formula is C21H28N2O3S. The fourth-order valence-corrected chi connectivity index (χ4v) is 4.50. The summed E-state index contributed by atoms with van der Waals surface area (Å²) >= 11 is 0. The van der Waals surface area contributed by atoms with Crippen LogP contribution in [0.25, 0.3) is 0 Å². The molecule has 3 rings (SSSR count). The van der Waals surface area contributed by atoms with E-state index in [9.17, 15) is 8.42 Å². The summed E-state index contributed by atoms with van der Waals surface area (Å²) in [5.41, 5.74) is 4.35. The van der Waals surface area contributed by atoms with Crippen molar-refractivity contribution in [3.05, 3.63) is 64.7 Å². The van der Waals surface area contributed by atoms with Gasteiger partial charge in [0.1, 0.15) is 0 Å². The van der Waals surface area contributed by atoms with Crippen molar-refractivity contribution in [2.75, 3.05) is 32.8 Å². The first-order valence-corrected chi connectivity index (χ1v) is 10.8. The summed E-state index contributed by atoms with van der Waals surface area (Å²) in [5.74, 6) is 0. The molecule has 5 nitrogen and oxygen atoms in total. The molecule has 146 valence electrons. The van der Waals surface area contributed by atoms with E-state index < -0.39 is 10.0 Å². The molecule has 1 saturated heterocycles. The average molecular weight is 389 g/mol. The van der Waals surface area contributed by atoms with Gasteiger partial charge in [-0.05, 0) is 49.6 Å². The normalized spacial score (nSPS) is 17.0. The van der Waals surface area contributed by atoms with Crippen molar-refractivity contribution in [1.82, 2.24) is 9.62 Å². The molecule has 1 atom stereocenters. The highest BCUT2D eigenvalue weighted by Crippen LogP contribution is 2.23. The van der Waals surface area contributed by atoms with Gasteiger partial charge in [0.2, 0.25) is 10.0 Å². The Labute approximate surface area is 162 Å². The number of nitrogens with zero attached hydrogens (tertiary/aromatic N) is 1. The summed E-state index contributed by atoms with van der Waals surface area (Å²) in [6.07, 6.45) is 0. The molecule has 1 heterocycles. The molecule has 1 unspecified atom stereocenters. The maximum Gasteiger partial charge on any atom is 0.240 e. The first-order valence-electron chi connectivity index (χ1n) is 9.32. The van der Waals surface area contributed by atoms with E-state index in [1.807, 2.05) is 26.0 Å². The molecule has 0 radical (unpaired) electrons. The highest BCUT2D eigenvalue weighted by atomic mass is 32.2. The molecule has 1 aliphatic rings. The van der Waals surface area contributed by atoms with E-state index in [-0.39, 0.29) is 6.04 Å². The summed E-state index contributed by atoms with van der Waals surface area (Å²) in [5, 5.41) is 0. The summed E-state index contributed by atoms with van der Waals surface area (Å²) in [4.78, 5) is 2.61. The van der Waals surface area contributed by atoms with Crippen molar-refractivity contribution >= 4 is 10.0 Å². The van der Waals surface area contributed by atoms with Crippen molar-refractivity contribution in [1.29, 1.82) is 0 Å². The number of sulfonamides is 1. The molecule has 1 fully saturated rings. The Hall–Kier alpha value is -1.73. The lowest BCUT2D eigenvalue weighted by Crippen LogP contribution is -2.43. The van der Waals surface area contributed by atoms with E-state index in [1.54, 1.807) is 12.1 Å². The van der Waals surface area contributed by atoms with E-state index in [0.717, 1.165) is 29.8 Å². The Morgan fingerprint density at radius 1 is 1.04 bits per heavy atom. The first-order chi connectivity index (χ1) is 12.9. The molecule has 0 aliphatic carbocycles. The quantitative estimate of drug-likeness (QED) is 0.827. The van der Waals surface area contributed by atoms with E-state index in [4.69, 9.17) is 4.74 Å². The van der Waals surface area contributed by atoms with Crippen LogP contribution in [0.1, 0.15) is 28.3 Å². The van der Waals surface area contributed by atoms with Crippen molar-refractivity contribution in [2.45, 2.75) is 31.7 Å². The van der Waals surface area contributed by atoms with E-state index in [1.165, 1.54) is 5.56 Å². The molecule has 1 N–H and O–H groups in total. The van der Waals surface area contributed by atoms with Crippen LogP contribution in [-0.4, -0.2) is 46.2 Å². The third-order valence-corrected chi connectivity index (χ3v) is 6.59. The van der Waals surface area contributed by atoms with Gasteiger partial charge in [0.25, 0.3) is 0 Å². The van der Waals surface area contributed by atoms with Crippen LogP contribution in [0, 0.1) is 20.8 Å². The Morgan fingerprint density at radius 3 is 2.44 bits per heavy atom. The zero-order chi connectivity index (χ0) is 19.4. The Kier molecular flexibility index (Phi) is 6.32. The number of morpholine rings is 1. The van der Waals surface area contributed by atoms with Gasteiger partial charge in [-0.25, -0.2) is 13.1 Å². The second kappa shape index (κ2) is 8.52. The number of benzene rings is 2. The van der Waals surface area contributed by atoms with Crippen LogP contribution in [0.3, 0.4) is 0 Å². The second-order valence-electron chi connectivity index (χ2n) is 7.18. The highest BCUT2D eigenvalue weighted by molar-refractivity contribution is 7.89. The fraction of sp³-hybridized carbons (Fsp3) is 0.429. The van der Waals surface area contributed by atoms with Crippen molar-refractivity contribution in [2.24, 2.45) is 0 Å². The lowest BCUT2D eigenvalue weighted by Gasteiger charge is -2.35. The predicted octanol–water partition coefficient (Wildman–Crippen LogP) is 2.96. The topological polar surface area (TPSA) is 58.6 Å². The number of hydrogen-bond acceptors (Lipinski definition) is 4. The first kappa shape index (κ1) is 20.0. The molecule has 0 aromatic heterocycles. The van der Waals surface area contributed by atoms with Gasteiger partial charge in [-0.3, -0.25) is 4.90 Å². The van der Waals surface area contributed by atoms with E-state index in [2.05, 4.69) is 34.7 Å². The molecule has 6 heteroatoms. The second-order valence-corrected chi connectivity index (χ2v) is 8.94. The fourth-order valence-electron chi connectivity index (χ4n) is 3.38. The minimum Gasteiger partial charge on any atom is -0.379 e. The van der Waals surface area contributed by atoms with Gasteiger partial charge in [0.15, 0.2) is 0 Å². The summed E-state index contributed by atoms with van der Waals surface area (Å²) in [6, 6.07) is 13.5. The lowest BCUT2D eigenvalue weighted by molar-refractivity contribution is 0.0172. The van der Waals surface area contributed by atoms with Gasteiger partial charge < -0.3 is 4.74 Å². The Bertz CT molecular complexity index is 890. The average Bonchev–Trinajstić information content (AvgIpc) is 2.65. The Morgan fingerprint density at radius 2 is 1.78 bits per heavy atom. The molecular weight excluding hydrogens is 360 g/mol. The van der Waals surface area contributed by atoms with Crippen LogP contribution in [0.5, 0.6) is 0 Å². The highest BCUT2D eigenvalue weighted by Gasteiger charge is 2.25. The van der Waals surface area contributed by atoms with Crippen molar-refractivity contribution in [3.8, 4) is 0 Å². The van der Waals surface area contributed by atoms with Crippen LogP contribution in [0.15, 0.2) is 47.4 Å². The SMILES string of the molecule is Cc1cccc(C(CNS(=O)(=O)c2ccc(C)c(C)c2)N2CCOCC2)c1. The number of ether oxygens (including phenoxy) is 1. The van der Waals surface area contributed by atoms with Gasteiger partial charge in [-0.2, -0.15) is 0 Å². The molecule has 2 aromatic rings. The molecule has 1 aliphatic heterocycles. The Balaban J connectivity index is 1.82. The molecule has 0 spiro atoms. The minimum atomic E-state index is -3.56. The molecule has 27 heavy (non-hydrogen) atoms. The van der Waals surface area contributed by atoms with Gasteiger partial charge in [-0.15, -0.1) is 0 Å². The van der Waals surface area contributed by atoms with Crippen molar-refractivity contribution < 1.29 is 13.2 Å². The molecule has 0 amide bonds. The maximum atomic E-state index is 12.8. The van der Waals surface area contributed by atoms with Crippen LogP contribution in [0.2, 0.25) is 0 Å². The molecule has 0 saturated carbocycles. The summed E-state index contributed by atoms with van der Waals surface area (Å²) < 4.78 is 33.9. The molecule has 2 aromatic carbocycles. The predicted molar refractivity (Wildman–Crippen MR) is 107 cm³/mol. The number of hydrogen-bond donors (Lipinski definition) is 1.